The van der Waals surface area contributed by atoms with E-state index in [1.165, 1.54) is 18.2 Å². The number of rotatable bonds is 4. The molecule has 2 N–H and O–H groups in total. The van der Waals surface area contributed by atoms with Crippen LogP contribution in [0.15, 0.2) is 29.2 Å². The number of sulfonamides is 1. The third kappa shape index (κ3) is 3.37. The van der Waals surface area contributed by atoms with Crippen molar-refractivity contribution in [2.75, 3.05) is 19.6 Å². The van der Waals surface area contributed by atoms with Crippen LogP contribution in [-0.2, 0) is 14.8 Å². The monoisotopic (exact) mass is 368 g/mol. The summed E-state index contributed by atoms with van der Waals surface area (Å²) in [7, 11) is -3.98. The van der Waals surface area contributed by atoms with Crippen molar-refractivity contribution in [3.05, 3.63) is 34.4 Å². The van der Waals surface area contributed by atoms with Gasteiger partial charge < -0.3 is 10.6 Å². The lowest BCUT2D eigenvalue weighted by Gasteiger charge is -2.27. The number of carbonyl (C=O) groups excluding carboxylic acids is 1. The number of benzene rings is 1. The predicted octanol–water partition coefficient (Wildman–Crippen LogP) is 0.308. The lowest BCUT2D eigenvalue weighted by atomic mass is 10.2. The Morgan fingerprint density at radius 2 is 2.04 bits per heavy atom. The third-order valence-electron chi connectivity index (χ3n) is 4.66. The highest BCUT2D eigenvalue weighted by Crippen LogP contribution is 2.29. The number of hydrogen-bond acceptors (Lipinski definition) is 6. The van der Waals surface area contributed by atoms with Crippen molar-refractivity contribution in [2.45, 2.75) is 36.2 Å². The highest BCUT2D eigenvalue weighted by molar-refractivity contribution is 7.89. The van der Waals surface area contributed by atoms with Gasteiger partial charge in [0.05, 0.1) is 9.82 Å². The van der Waals surface area contributed by atoms with E-state index in [0.717, 1.165) is 10.4 Å². The summed E-state index contributed by atoms with van der Waals surface area (Å²) in [6.45, 7) is 1.18. The van der Waals surface area contributed by atoms with Crippen molar-refractivity contribution in [3.63, 3.8) is 0 Å². The van der Waals surface area contributed by atoms with Crippen LogP contribution in [0.25, 0.3) is 0 Å². The van der Waals surface area contributed by atoms with Crippen LogP contribution in [0.1, 0.15) is 19.3 Å². The Balaban J connectivity index is 1.87. The topological polar surface area (TPSA) is 127 Å². The van der Waals surface area contributed by atoms with Crippen molar-refractivity contribution in [3.8, 4) is 0 Å². The van der Waals surface area contributed by atoms with E-state index in [-0.39, 0.29) is 29.1 Å². The smallest absolute Gasteiger partial charge is 0.270 e. The fourth-order valence-electron chi connectivity index (χ4n) is 3.37. The van der Waals surface area contributed by atoms with Crippen LogP contribution in [0.4, 0.5) is 5.69 Å². The Morgan fingerprint density at radius 3 is 2.68 bits per heavy atom. The van der Waals surface area contributed by atoms with E-state index in [4.69, 9.17) is 5.73 Å². The van der Waals surface area contributed by atoms with E-state index < -0.39 is 21.0 Å². The summed E-state index contributed by atoms with van der Waals surface area (Å²) in [5.74, 6) is -0.237. The van der Waals surface area contributed by atoms with Crippen molar-refractivity contribution in [2.24, 2.45) is 5.73 Å². The third-order valence-corrected chi connectivity index (χ3v) is 6.56. The summed E-state index contributed by atoms with van der Waals surface area (Å²) in [6, 6.07) is 4.06. The molecule has 0 aromatic heterocycles. The van der Waals surface area contributed by atoms with Gasteiger partial charge in [0.1, 0.15) is 6.04 Å². The van der Waals surface area contributed by atoms with Gasteiger partial charge in [-0.05, 0) is 25.3 Å². The standard InChI is InChI=1S/C15H20N4O5S/c16-11-6-8-17(10-11)15(20)14-5-2-7-18(14)25(23,24)13-4-1-3-12(9-13)19(21)22/h1,3-4,9,11,14H,2,5-8,10,16H2/t11-,14?/m1/s1. The van der Waals surface area contributed by atoms with Gasteiger partial charge in [0, 0.05) is 37.8 Å². The van der Waals surface area contributed by atoms with Gasteiger partial charge in [-0.3, -0.25) is 14.9 Å². The Kier molecular flexibility index (Phi) is 4.76. The largest absolute Gasteiger partial charge is 0.340 e. The molecular weight excluding hydrogens is 348 g/mol. The maximum absolute atomic E-state index is 12.9. The summed E-state index contributed by atoms with van der Waals surface area (Å²) in [5, 5.41) is 10.9. The zero-order valence-electron chi connectivity index (χ0n) is 13.6. The van der Waals surface area contributed by atoms with Crippen LogP contribution in [0.5, 0.6) is 0 Å². The van der Waals surface area contributed by atoms with E-state index >= 15 is 0 Å². The van der Waals surface area contributed by atoms with E-state index in [1.54, 1.807) is 4.90 Å². The lowest BCUT2D eigenvalue weighted by Crippen LogP contribution is -2.47. The summed E-state index contributed by atoms with van der Waals surface area (Å²) >= 11 is 0. The first-order valence-electron chi connectivity index (χ1n) is 8.11. The Labute approximate surface area is 145 Å². The molecule has 2 heterocycles. The molecule has 1 aromatic rings. The molecular formula is C15H20N4O5S. The molecule has 25 heavy (non-hydrogen) atoms. The van der Waals surface area contributed by atoms with Gasteiger partial charge >= 0.3 is 0 Å². The average Bonchev–Trinajstić information content (AvgIpc) is 3.23. The second-order valence-corrected chi connectivity index (χ2v) is 8.25. The zero-order chi connectivity index (χ0) is 18.2. The zero-order valence-corrected chi connectivity index (χ0v) is 14.4. The molecule has 0 bridgehead atoms. The first-order chi connectivity index (χ1) is 11.8. The number of nitrogens with zero attached hydrogens (tertiary/aromatic N) is 3. The van der Waals surface area contributed by atoms with E-state index in [2.05, 4.69) is 0 Å². The fourth-order valence-corrected chi connectivity index (χ4v) is 5.06. The molecule has 2 fully saturated rings. The van der Waals surface area contributed by atoms with Crippen molar-refractivity contribution in [1.82, 2.24) is 9.21 Å². The summed E-state index contributed by atoms with van der Waals surface area (Å²) in [5.41, 5.74) is 5.53. The molecule has 1 amide bonds. The molecule has 2 aliphatic rings. The molecule has 1 aromatic carbocycles. The Bertz CT molecular complexity index is 797. The van der Waals surface area contributed by atoms with Crippen molar-refractivity contribution >= 4 is 21.6 Å². The number of non-ortho nitro benzene ring substituents is 1. The number of nitro benzene ring substituents is 1. The van der Waals surface area contributed by atoms with Gasteiger partial charge in [-0.2, -0.15) is 4.31 Å². The molecule has 9 nitrogen and oxygen atoms in total. The van der Waals surface area contributed by atoms with Gasteiger partial charge in [0.25, 0.3) is 5.69 Å². The van der Waals surface area contributed by atoms with Crippen molar-refractivity contribution < 1.29 is 18.1 Å². The van der Waals surface area contributed by atoms with Gasteiger partial charge in [0.15, 0.2) is 0 Å². The normalized spacial score (nSPS) is 24.6. The first kappa shape index (κ1) is 17.8. The molecule has 2 saturated heterocycles. The Morgan fingerprint density at radius 1 is 1.28 bits per heavy atom. The number of nitro groups is 1. The second-order valence-electron chi connectivity index (χ2n) is 6.36. The van der Waals surface area contributed by atoms with Gasteiger partial charge in [-0.25, -0.2) is 8.42 Å². The minimum atomic E-state index is -3.98. The molecule has 136 valence electrons. The molecule has 0 saturated carbocycles. The second kappa shape index (κ2) is 6.70. The number of hydrogen-bond donors (Lipinski definition) is 1. The van der Waals surface area contributed by atoms with Gasteiger partial charge in [-0.1, -0.05) is 6.07 Å². The molecule has 3 rings (SSSR count). The minimum Gasteiger partial charge on any atom is -0.340 e. The molecule has 0 aliphatic carbocycles. The summed E-state index contributed by atoms with van der Waals surface area (Å²) in [6.07, 6.45) is 1.72. The molecule has 10 heteroatoms. The van der Waals surface area contributed by atoms with Crippen LogP contribution >= 0.6 is 0 Å². The molecule has 1 unspecified atom stereocenters. The number of nitrogens with two attached hydrogens (primary N) is 1. The SMILES string of the molecule is N[C@@H]1CCN(C(=O)C2CCCN2S(=O)(=O)c2cccc([N+](=O)[O-])c2)C1. The lowest BCUT2D eigenvalue weighted by molar-refractivity contribution is -0.385. The molecule has 0 radical (unpaired) electrons. The highest BCUT2D eigenvalue weighted by Gasteiger charge is 2.42. The number of carbonyl (C=O) groups is 1. The summed E-state index contributed by atoms with van der Waals surface area (Å²) in [4.78, 5) is 24.4. The maximum atomic E-state index is 12.9. The highest BCUT2D eigenvalue weighted by atomic mass is 32.2. The first-order valence-corrected chi connectivity index (χ1v) is 9.55. The number of likely N-dealkylation sites (tertiary alicyclic amines) is 1. The molecule has 2 aliphatic heterocycles. The number of amides is 1. The van der Waals surface area contributed by atoms with Gasteiger partial charge in [-0.15, -0.1) is 0 Å². The minimum absolute atomic E-state index is 0.0767. The van der Waals surface area contributed by atoms with Crippen LogP contribution in [0, 0.1) is 10.1 Å². The van der Waals surface area contributed by atoms with Crippen LogP contribution < -0.4 is 5.73 Å². The molecule has 0 spiro atoms. The fraction of sp³-hybridized carbons (Fsp3) is 0.533. The van der Waals surface area contributed by atoms with Crippen LogP contribution in [-0.4, -0.2) is 60.2 Å². The van der Waals surface area contributed by atoms with Crippen molar-refractivity contribution in [1.29, 1.82) is 0 Å². The molecule has 2 atom stereocenters. The Hall–Kier alpha value is -2.04. The van der Waals surface area contributed by atoms with Gasteiger partial charge in [0.2, 0.25) is 15.9 Å². The van der Waals surface area contributed by atoms with Crippen LogP contribution in [0.2, 0.25) is 0 Å². The maximum Gasteiger partial charge on any atom is 0.270 e. The van der Waals surface area contributed by atoms with E-state index in [9.17, 15) is 23.3 Å². The predicted molar refractivity (Wildman–Crippen MR) is 89.2 cm³/mol. The van der Waals surface area contributed by atoms with Crippen LogP contribution in [0.3, 0.4) is 0 Å². The average molecular weight is 368 g/mol. The van der Waals surface area contributed by atoms with E-state index in [0.29, 0.717) is 32.4 Å². The van der Waals surface area contributed by atoms with E-state index in [1.807, 2.05) is 0 Å². The quantitative estimate of drug-likeness (QED) is 0.602. The summed E-state index contributed by atoms with van der Waals surface area (Å²) < 4.78 is 27.0.